The summed E-state index contributed by atoms with van der Waals surface area (Å²) in [7, 11) is -1.23. The third-order valence-corrected chi connectivity index (χ3v) is 9.37. The van der Waals surface area contributed by atoms with Crippen molar-refractivity contribution < 1.29 is 28.9 Å². The van der Waals surface area contributed by atoms with Crippen LogP contribution in [0.2, 0.25) is 19.6 Å². The molecule has 4 aromatic carbocycles. The minimum absolute atomic E-state index is 0. The van der Waals surface area contributed by atoms with Crippen LogP contribution in [0, 0.1) is 17.9 Å². The Bertz CT molecular complexity index is 2010. The summed E-state index contributed by atoms with van der Waals surface area (Å²) in [5, 5.41) is 3.03. The monoisotopic (exact) mass is 762 g/mol. The fourth-order valence-corrected chi connectivity index (χ4v) is 6.21. The summed E-state index contributed by atoms with van der Waals surface area (Å²) in [4.78, 5) is 9.36. The topological polar surface area (TPSA) is 43.9 Å². The molecule has 0 aliphatic heterocycles. The Morgan fingerprint density at radius 1 is 0.860 bits per heavy atom. The molecule has 219 valence electrons. The molecule has 0 atom stereocenters. The summed E-state index contributed by atoms with van der Waals surface area (Å²) in [5.74, 6) is 0.537. The molecule has 7 heteroatoms. The van der Waals surface area contributed by atoms with E-state index in [9.17, 15) is 4.39 Å². The number of halogens is 1. The van der Waals surface area contributed by atoms with Gasteiger partial charge in [-0.3, -0.25) is 4.98 Å². The number of imidazole rings is 1. The maximum atomic E-state index is 13.7. The van der Waals surface area contributed by atoms with Crippen LogP contribution in [-0.4, -0.2) is 22.6 Å². The number of fused-ring (bicyclic) bond motifs is 4. The zero-order chi connectivity index (χ0) is 29.4. The predicted molar refractivity (Wildman–Crippen MR) is 173 cm³/mol. The van der Waals surface area contributed by atoms with Crippen LogP contribution in [0.4, 0.5) is 4.39 Å². The summed E-state index contributed by atoms with van der Waals surface area (Å²) in [5.41, 5.74) is 6.21. The fourth-order valence-electron chi connectivity index (χ4n) is 5.17. The quantitative estimate of drug-likeness (QED) is 0.133. The summed E-state index contributed by atoms with van der Waals surface area (Å²) >= 11 is 0. The second-order valence-corrected chi connectivity index (χ2v) is 16.8. The molecule has 0 aliphatic rings. The molecule has 0 fully saturated rings. The van der Waals surface area contributed by atoms with Gasteiger partial charge in [0, 0.05) is 37.7 Å². The molecular weight excluding hydrogens is 730 g/mol. The first-order chi connectivity index (χ1) is 20.2. The van der Waals surface area contributed by atoms with Gasteiger partial charge in [0.1, 0.15) is 11.4 Å². The van der Waals surface area contributed by atoms with E-state index in [2.05, 4.69) is 73.4 Å². The van der Waals surface area contributed by atoms with Crippen molar-refractivity contribution >= 4 is 46.2 Å². The zero-order valence-electron chi connectivity index (χ0n) is 24.8. The Balaban J connectivity index is 0.000000188. The molecule has 7 rings (SSSR count). The number of benzene rings is 4. The van der Waals surface area contributed by atoms with E-state index in [0.29, 0.717) is 11.2 Å². The van der Waals surface area contributed by atoms with E-state index in [0.717, 1.165) is 44.5 Å². The van der Waals surface area contributed by atoms with Gasteiger partial charge in [0.25, 0.3) is 0 Å². The molecule has 0 N–H and O–H groups in total. The Kier molecular flexibility index (Phi) is 8.79. The van der Waals surface area contributed by atoms with Gasteiger partial charge in [0.05, 0.1) is 30.5 Å². The van der Waals surface area contributed by atoms with Crippen LogP contribution in [0.3, 0.4) is 0 Å². The smallest absolute Gasteiger partial charge is 0.124 e. The van der Waals surface area contributed by atoms with Crippen molar-refractivity contribution in [2.24, 2.45) is 0 Å². The molecule has 3 heterocycles. The zero-order valence-corrected chi connectivity index (χ0v) is 28.2. The molecule has 0 amide bonds. The minimum atomic E-state index is -1.23. The average Bonchev–Trinajstić information content (AvgIpc) is 3.56. The molecule has 0 saturated carbocycles. The number of aromatic nitrogens is 3. The van der Waals surface area contributed by atoms with E-state index in [1.165, 1.54) is 17.3 Å². The van der Waals surface area contributed by atoms with Crippen LogP contribution in [0.15, 0.2) is 102 Å². The fraction of sp³-hybridized carbons (Fsp3) is 0.167. The number of rotatable bonds is 4. The van der Waals surface area contributed by atoms with Crippen LogP contribution >= 0.6 is 0 Å². The first kappa shape index (κ1) is 30.6. The van der Waals surface area contributed by atoms with Crippen molar-refractivity contribution in [1.82, 2.24) is 14.5 Å². The summed E-state index contributed by atoms with van der Waals surface area (Å²) < 4.78 is 22.0. The first-order valence-electron chi connectivity index (χ1n) is 14.1. The third-order valence-electron chi connectivity index (χ3n) is 7.34. The predicted octanol–water partition coefficient (Wildman–Crippen LogP) is 9.21. The molecule has 1 radical (unpaired) electrons. The van der Waals surface area contributed by atoms with Crippen LogP contribution in [-0.2, 0) is 20.1 Å². The van der Waals surface area contributed by atoms with Gasteiger partial charge in [0.2, 0.25) is 0 Å². The second kappa shape index (κ2) is 12.4. The number of para-hydroxylation sites is 2. The van der Waals surface area contributed by atoms with Gasteiger partial charge in [-0.15, -0.1) is 54.1 Å². The summed E-state index contributed by atoms with van der Waals surface area (Å²) in [6, 6.07) is 35.4. The van der Waals surface area contributed by atoms with E-state index in [1.807, 2.05) is 60.8 Å². The van der Waals surface area contributed by atoms with E-state index >= 15 is 0 Å². The molecule has 0 aliphatic carbocycles. The maximum Gasteiger partial charge on any atom is 0.124 e. The Morgan fingerprint density at radius 3 is 2.35 bits per heavy atom. The van der Waals surface area contributed by atoms with Gasteiger partial charge in [-0.05, 0) is 55.1 Å². The van der Waals surface area contributed by atoms with Gasteiger partial charge in [-0.25, -0.2) is 4.39 Å². The van der Waals surface area contributed by atoms with Crippen LogP contribution in [0.5, 0.6) is 0 Å². The van der Waals surface area contributed by atoms with Crippen LogP contribution in [0.25, 0.3) is 55.6 Å². The van der Waals surface area contributed by atoms with Crippen molar-refractivity contribution in [2.45, 2.75) is 39.5 Å². The minimum Gasteiger partial charge on any atom is -0.501 e. The average molecular weight is 762 g/mol. The Hall–Kier alpha value is -3.90. The van der Waals surface area contributed by atoms with Gasteiger partial charge >= 0.3 is 0 Å². The molecule has 43 heavy (non-hydrogen) atoms. The SMILES string of the molecule is CC(C)n1c(-c2[c-]ccc3c2oc2ccc(F)cc23)nc2ccccc21.C[Si](C)(C)c1ccc(-c2[c-]cccc2)nc1.[Ir]. The van der Waals surface area contributed by atoms with Crippen molar-refractivity contribution in [1.29, 1.82) is 0 Å². The molecule has 0 saturated heterocycles. The standard InChI is InChI=1S/C22H16FN2O.C14H16NSi.Ir/c1-13(2)25-19-9-4-3-8-18(19)24-22(25)16-7-5-6-15-17-12-14(23)10-11-20(17)26-21(15)16;1-16(2,3)13-9-10-14(15-11-13)12-7-5-4-6-8-12;/h3-6,8-13H,1-2H3;4-7,9-11H,1-3H3;/q2*-1;. The number of hydrogen-bond donors (Lipinski definition) is 0. The number of nitrogens with zero attached hydrogens (tertiary/aromatic N) is 3. The molecule has 7 aromatic rings. The maximum absolute atomic E-state index is 13.7. The van der Waals surface area contributed by atoms with Gasteiger partial charge in [-0.2, -0.15) is 0 Å². The normalized spacial score (nSPS) is 11.5. The van der Waals surface area contributed by atoms with Crippen molar-refractivity contribution in [3.05, 3.63) is 115 Å². The van der Waals surface area contributed by atoms with Crippen molar-refractivity contribution in [2.75, 3.05) is 0 Å². The molecule has 4 nitrogen and oxygen atoms in total. The first-order valence-corrected chi connectivity index (χ1v) is 17.6. The molecular formula is C36H32FIrN3OSi-2. The van der Waals surface area contributed by atoms with Crippen molar-refractivity contribution in [3.63, 3.8) is 0 Å². The van der Waals surface area contributed by atoms with E-state index in [4.69, 9.17) is 9.40 Å². The molecule has 3 aromatic heterocycles. The Morgan fingerprint density at radius 2 is 1.65 bits per heavy atom. The van der Waals surface area contributed by atoms with Crippen molar-refractivity contribution in [3.8, 4) is 22.6 Å². The van der Waals surface area contributed by atoms with Gasteiger partial charge < -0.3 is 14.0 Å². The third kappa shape index (κ3) is 6.11. The van der Waals surface area contributed by atoms with Crippen LogP contribution < -0.4 is 5.19 Å². The van der Waals surface area contributed by atoms with Gasteiger partial charge in [0.15, 0.2) is 0 Å². The van der Waals surface area contributed by atoms with E-state index in [-0.39, 0.29) is 32.0 Å². The number of pyridine rings is 1. The molecule has 0 unspecified atom stereocenters. The second-order valence-electron chi connectivity index (χ2n) is 11.7. The summed E-state index contributed by atoms with van der Waals surface area (Å²) in [6.45, 7) is 11.3. The summed E-state index contributed by atoms with van der Waals surface area (Å²) in [6.07, 6.45) is 2.02. The number of furan rings is 1. The number of hydrogen-bond acceptors (Lipinski definition) is 3. The van der Waals surface area contributed by atoms with E-state index in [1.54, 1.807) is 6.07 Å². The molecule has 0 bridgehead atoms. The Labute approximate surface area is 266 Å². The van der Waals surface area contributed by atoms with Gasteiger partial charge in [-0.1, -0.05) is 54.9 Å². The molecule has 0 spiro atoms. The van der Waals surface area contributed by atoms with Crippen LogP contribution in [0.1, 0.15) is 19.9 Å². The van der Waals surface area contributed by atoms with E-state index < -0.39 is 8.07 Å². The largest absolute Gasteiger partial charge is 0.501 e.